The molecule has 2 amide bonds. The molecular weight excluding hydrogens is 272 g/mol. The van der Waals surface area contributed by atoms with Gasteiger partial charge in [-0.2, -0.15) is 0 Å². The molecule has 0 bridgehead atoms. The molecule has 3 rings (SSSR count). The van der Waals surface area contributed by atoms with E-state index in [2.05, 4.69) is 0 Å². The van der Waals surface area contributed by atoms with Gasteiger partial charge in [-0.25, -0.2) is 0 Å². The molecule has 0 atom stereocenters. The molecule has 1 aliphatic carbocycles. The zero-order valence-electron chi connectivity index (χ0n) is 11.6. The molecule has 5 heteroatoms. The lowest BCUT2D eigenvalue weighted by Crippen LogP contribution is -2.41. The standard InChI is InChI=1S/C15H20N2O2S/c16-14(18)10-5-7-17(8-6-10)15(19)12-9-20-13-4-2-1-3-11(12)13/h9-10H,1-8H2,(H2,16,18). The van der Waals surface area contributed by atoms with Crippen molar-refractivity contribution >= 4 is 23.2 Å². The van der Waals surface area contributed by atoms with Gasteiger partial charge in [-0.3, -0.25) is 9.59 Å². The van der Waals surface area contributed by atoms with E-state index >= 15 is 0 Å². The monoisotopic (exact) mass is 292 g/mol. The summed E-state index contributed by atoms with van der Waals surface area (Å²) in [5.74, 6) is -0.146. The Kier molecular flexibility index (Phi) is 3.78. The first-order chi connectivity index (χ1) is 9.66. The van der Waals surface area contributed by atoms with Crippen molar-refractivity contribution in [1.82, 2.24) is 4.90 Å². The second-order valence-corrected chi connectivity index (χ2v) is 6.69. The second-order valence-electron chi connectivity index (χ2n) is 5.73. The number of hydrogen-bond donors (Lipinski definition) is 1. The van der Waals surface area contributed by atoms with Gasteiger partial charge in [0.1, 0.15) is 0 Å². The Bertz CT molecular complexity index is 530. The minimum Gasteiger partial charge on any atom is -0.369 e. The third-order valence-corrected chi connectivity index (χ3v) is 5.56. The number of rotatable bonds is 2. The van der Waals surface area contributed by atoms with Crippen LogP contribution in [0.25, 0.3) is 0 Å². The van der Waals surface area contributed by atoms with Crippen LogP contribution < -0.4 is 5.73 Å². The van der Waals surface area contributed by atoms with Gasteiger partial charge in [0, 0.05) is 29.3 Å². The van der Waals surface area contributed by atoms with Crippen molar-refractivity contribution in [3.63, 3.8) is 0 Å². The van der Waals surface area contributed by atoms with Crippen molar-refractivity contribution in [3.05, 3.63) is 21.4 Å². The van der Waals surface area contributed by atoms with Gasteiger partial charge in [-0.15, -0.1) is 11.3 Å². The molecule has 108 valence electrons. The highest BCUT2D eigenvalue weighted by molar-refractivity contribution is 7.10. The zero-order valence-corrected chi connectivity index (χ0v) is 12.4. The number of nitrogens with zero attached hydrogens (tertiary/aromatic N) is 1. The maximum atomic E-state index is 12.6. The number of fused-ring (bicyclic) bond motifs is 1. The van der Waals surface area contributed by atoms with E-state index in [9.17, 15) is 9.59 Å². The average Bonchev–Trinajstić information content (AvgIpc) is 2.90. The minimum absolute atomic E-state index is 0.0598. The molecule has 0 aromatic carbocycles. The number of primary amides is 1. The van der Waals surface area contributed by atoms with E-state index in [1.54, 1.807) is 11.3 Å². The summed E-state index contributed by atoms with van der Waals surface area (Å²) in [4.78, 5) is 27.1. The summed E-state index contributed by atoms with van der Waals surface area (Å²) in [6, 6.07) is 0. The molecule has 4 nitrogen and oxygen atoms in total. The number of piperidine rings is 1. The van der Waals surface area contributed by atoms with E-state index in [-0.39, 0.29) is 17.7 Å². The molecule has 0 unspecified atom stereocenters. The Balaban J connectivity index is 1.71. The Morgan fingerprint density at radius 1 is 1.20 bits per heavy atom. The summed E-state index contributed by atoms with van der Waals surface area (Å²) in [6.45, 7) is 1.30. The first-order valence-corrected chi connectivity index (χ1v) is 8.22. The van der Waals surface area contributed by atoms with E-state index in [0.717, 1.165) is 18.4 Å². The highest BCUT2D eigenvalue weighted by atomic mass is 32.1. The van der Waals surface area contributed by atoms with Crippen LogP contribution in [0.1, 0.15) is 46.5 Å². The van der Waals surface area contributed by atoms with Crippen molar-refractivity contribution < 1.29 is 9.59 Å². The number of nitrogens with two attached hydrogens (primary N) is 1. The fourth-order valence-electron chi connectivity index (χ4n) is 3.21. The van der Waals surface area contributed by atoms with Gasteiger partial charge in [0.2, 0.25) is 5.91 Å². The Morgan fingerprint density at radius 3 is 2.60 bits per heavy atom. The quantitative estimate of drug-likeness (QED) is 0.905. The highest BCUT2D eigenvalue weighted by Gasteiger charge is 2.29. The maximum Gasteiger partial charge on any atom is 0.254 e. The van der Waals surface area contributed by atoms with Gasteiger partial charge in [0.25, 0.3) is 5.91 Å². The Hall–Kier alpha value is -1.36. The number of carbonyl (C=O) groups is 2. The van der Waals surface area contributed by atoms with Crippen molar-refractivity contribution in [2.45, 2.75) is 38.5 Å². The van der Waals surface area contributed by atoms with E-state index in [0.29, 0.717) is 25.9 Å². The number of amides is 2. The van der Waals surface area contributed by atoms with Crippen molar-refractivity contribution in [2.75, 3.05) is 13.1 Å². The lowest BCUT2D eigenvalue weighted by molar-refractivity contribution is -0.123. The van der Waals surface area contributed by atoms with Gasteiger partial charge in [0.05, 0.1) is 5.56 Å². The van der Waals surface area contributed by atoms with E-state index in [1.165, 1.54) is 23.3 Å². The number of likely N-dealkylation sites (tertiary alicyclic amines) is 1. The molecule has 2 aliphatic rings. The molecule has 1 saturated heterocycles. The summed E-state index contributed by atoms with van der Waals surface area (Å²) >= 11 is 1.73. The normalized spacial score (nSPS) is 19.7. The predicted molar refractivity (Wildman–Crippen MR) is 78.8 cm³/mol. The van der Waals surface area contributed by atoms with Crippen LogP contribution in [0.5, 0.6) is 0 Å². The smallest absolute Gasteiger partial charge is 0.254 e. The summed E-state index contributed by atoms with van der Waals surface area (Å²) in [7, 11) is 0. The van der Waals surface area contributed by atoms with Crippen LogP contribution in [-0.2, 0) is 17.6 Å². The van der Waals surface area contributed by atoms with Crippen molar-refractivity contribution in [2.24, 2.45) is 11.7 Å². The topological polar surface area (TPSA) is 63.4 Å². The summed E-state index contributed by atoms with van der Waals surface area (Å²) < 4.78 is 0. The first kappa shape index (κ1) is 13.6. The predicted octanol–water partition coefficient (Wildman–Crippen LogP) is 1.96. The summed E-state index contributed by atoms with van der Waals surface area (Å²) in [5.41, 5.74) is 7.52. The highest BCUT2D eigenvalue weighted by Crippen LogP contribution is 2.31. The maximum absolute atomic E-state index is 12.6. The number of hydrogen-bond acceptors (Lipinski definition) is 3. The zero-order chi connectivity index (χ0) is 14.1. The number of carbonyl (C=O) groups excluding carboxylic acids is 2. The first-order valence-electron chi connectivity index (χ1n) is 7.34. The molecule has 0 saturated carbocycles. The van der Waals surface area contributed by atoms with E-state index < -0.39 is 0 Å². The molecule has 1 fully saturated rings. The van der Waals surface area contributed by atoms with Gasteiger partial charge < -0.3 is 10.6 Å². The van der Waals surface area contributed by atoms with Crippen LogP contribution in [0, 0.1) is 5.92 Å². The summed E-state index contributed by atoms with van der Waals surface area (Å²) in [5, 5.41) is 2.03. The average molecular weight is 292 g/mol. The van der Waals surface area contributed by atoms with Crippen LogP contribution in [0.4, 0.5) is 0 Å². The number of aryl methyl sites for hydroxylation is 1. The van der Waals surface area contributed by atoms with E-state index in [1.807, 2.05) is 10.3 Å². The third kappa shape index (κ3) is 2.46. The SMILES string of the molecule is NC(=O)C1CCN(C(=O)c2csc3c2CCCC3)CC1. The fraction of sp³-hybridized carbons (Fsp3) is 0.600. The van der Waals surface area contributed by atoms with Crippen LogP contribution in [0.2, 0.25) is 0 Å². The molecule has 1 aromatic rings. The van der Waals surface area contributed by atoms with Crippen molar-refractivity contribution in [1.29, 1.82) is 0 Å². The van der Waals surface area contributed by atoms with Crippen molar-refractivity contribution in [3.8, 4) is 0 Å². The van der Waals surface area contributed by atoms with Gasteiger partial charge in [-0.1, -0.05) is 0 Å². The molecule has 1 aromatic heterocycles. The minimum atomic E-state index is -0.231. The summed E-state index contributed by atoms with van der Waals surface area (Å²) in [6.07, 6.45) is 5.99. The van der Waals surface area contributed by atoms with Crippen LogP contribution >= 0.6 is 11.3 Å². The van der Waals surface area contributed by atoms with Gasteiger partial charge in [0.15, 0.2) is 0 Å². The lowest BCUT2D eigenvalue weighted by atomic mass is 9.93. The van der Waals surface area contributed by atoms with Crippen LogP contribution in [0.15, 0.2) is 5.38 Å². The molecule has 2 heterocycles. The lowest BCUT2D eigenvalue weighted by Gasteiger charge is -2.30. The number of thiophene rings is 1. The molecule has 1 aliphatic heterocycles. The Labute approximate surface area is 122 Å². The van der Waals surface area contributed by atoms with Gasteiger partial charge in [-0.05, 0) is 44.1 Å². The van der Waals surface area contributed by atoms with Crippen LogP contribution in [0.3, 0.4) is 0 Å². The second kappa shape index (κ2) is 5.56. The fourth-order valence-corrected chi connectivity index (χ4v) is 4.33. The largest absolute Gasteiger partial charge is 0.369 e. The molecule has 0 radical (unpaired) electrons. The molecule has 0 spiro atoms. The molecule has 20 heavy (non-hydrogen) atoms. The van der Waals surface area contributed by atoms with E-state index in [4.69, 9.17) is 5.73 Å². The third-order valence-electron chi connectivity index (χ3n) is 4.48. The molecule has 2 N–H and O–H groups in total. The molecular formula is C15H20N2O2S. The van der Waals surface area contributed by atoms with Gasteiger partial charge >= 0.3 is 0 Å². The van der Waals surface area contributed by atoms with Crippen LogP contribution in [-0.4, -0.2) is 29.8 Å². The Morgan fingerprint density at radius 2 is 1.90 bits per heavy atom.